The number of carbonyl (C=O) groups is 2. The number of carbonyl (C=O) groups excluding carboxylic acids is 2. The predicted octanol–water partition coefficient (Wildman–Crippen LogP) is 3.01. The highest BCUT2D eigenvalue weighted by Gasteiger charge is 2.33. The lowest BCUT2D eigenvalue weighted by Gasteiger charge is -2.33. The molecule has 41 heavy (non-hydrogen) atoms. The SMILES string of the molecule is CCNC(=O)[C@H](Cc1ccccc1)N(Cc1cccc(OC)c1)C(=O)CN(c1ccc2c(c1)OCCO2)S(C)(=O)=O. The van der Waals surface area contributed by atoms with Gasteiger partial charge in [0.1, 0.15) is 31.5 Å². The number of sulfonamides is 1. The summed E-state index contributed by atoms with van der Waals surface area (Å²) in [5.41, 5.74) is 1.84. The van der Waals surface area contributed by atoms with Gasteiger partial charge in [-0.25, -0.2) is 8.42 Å². The number of anilines is 1. The number of nitrogens with one attached hydrogen (secondary N) is 1. The standard InChI is InChI=1S/C30H35N3O7S/c1-4-31-30(35)26(18-22-9-6-5-7-10-22)32(20-23-11-8-12-25(17-23)38-2)29(34)21-33(41(3,36)37)24-13-14-27-28(19-24)40-16-15-39-27/h5-14,17,19,26H,4,15-16,18,20-21H2,1-3H3,(H,31,35)/t26-/m0/s1. The number of hydrogen-bond donors (Lipinski definition) is 1. The van der Waals surface area contributed by atoms with E-state index in [0.29, 0.717) is 37.0 Å². The molecule has 1 heterocycles. The molecule has 0 radical (unpaired) electrons. The Morgan fingerprint density at radius 2 is 1.66 bits per heavy atom. The molecule has 3 aromatic rings. The second-order valence-electron chi connectivity index (χ2n) is 9.57. The van der Waals surface area contributed by atoms with Gasteiger partial charge in [-0.05, 0) is 42.3 Å². The average Bonchev–Trinajstić information content (AvgIpc) is 2.97. The molecule has 218 valence electrons. The fourth-order valence-corrected chi connectivity index (χ4v) is 5.46. The molecule has 0 saturated heterocycles. The second-order valence-corrected chi connectivity index (χ2v) is 11.5. The number of likely N-dealkylation sites (N-methyl/N-ethyl adjacent to an activating group) is 1. The van der Waals surface area contributed by atoms with Crippen LogP contribution in [0.1, 0.15) is 18.1 Å². The van der Waals surface area contributed by atoms with Crippen molar-refractivity contribution >= 4 is 27.5 Å². The van der Waals surface area contributed by atoms with E-state index in [0.717, 1.165) is 21.7 Å². The van der Waals surface area contributed by atoms with Crippen molar-refractivity contribution < 1.29 is 32.2 Å². The molecule has 0 saturated carbocycles. The number of ether oxygens (including phenoxy) is 3. The molecule has 1 atom stereocenters. The Labute approximate surface area is 240 Å². The van der Waals surface area contributed by atoms with Gasteiger partial charge < -0.3 is 24.4 Å². The van der Waals surface area contributed by atoms with E-state index in [9.17, 15) is 18.0 Å². The lowest BCUT2D eigenvalue weighted by molar-refractivity contribution is -0.140. The zero-order valence-electron chi connectivity index (χ0n) is 23.4. The molecule has 0 aliphatic carbocycles. The van der Waals surface area contributed by atoms with Gasteiger partial charge in [-0.15, -0.1) is 0 Å². The number of nitrogens with zero attached hydrogens (tertiary/aromatic N) is 2. The third-order valence-corrected chi connectivity index (χ3v) is 7.74. The quantitative estimate of drug-likeness (QED) is 0.350. The minimum absolute atomic E-state index is 0.0589. The molecule has 1 aliphatic rings. The van der Waals surface area contributed by atoms with Crippen LogP contribution in [-0.2, 0) is 32.6 Å². The van der Waals surface area contributed by atoms with E-state index >= 15 is 0 Å². The molecule has 4 rings (SSSR count). The molecule has 0 spiro atoms. The molecule has 10 nitrogen and oxygen atoms in total. The molecule has 3 aromatic carbocycles. The zero-order valence-corrected chi connectivity index (χ0v) is 24.2. The van der Waals surface area contributed by atoms with Crippen molar-refractivity contribution in [1.29, 1.82) is 0 Å². The number of hydrogen-bond acceptors (Lipinski definition) is 7. The summed E-state index contributed by atoms with van der Waals surface area (Å²) < 4.78 is 43.5. The Balaban J connectivity index is 1.72. The molecule has 2 amide bonds. The third-order valence-electron chi connectivity index (χ3n) is 6.60. The first kappa shape index (κ1) is 29.7. The van der Waals surface area contributed by atoms with Gasteiger partial charge in [0.2, 0.25) is 21.8 Å². The third kappa shape index (κ3) is 7.69. The average molecular weight is 582 g/mol. The maximum atomic E-state index is 14.1. The number of benzene rings is 3. The lowest BCUT2D eigenvalue weighted by Crippen LogP contribution is -2.53. The van der Waals surface area contributed by atoms with Crippen LogP contribution >= 0.6 is 0 Å². The summed E-state index contributed by atoms with van der Waals surface area (Å²) in [6, 6.07) is 20.4. The highest BCUT2D eigenvalue weighted by atomic mass is 32.2. The normalized spacial score (nSPS) is 13.1. The van der Waals surface area contributed by atoms with Crippen LogP contribution < -0.4 is 23.8 Å². The highest BCUT2D eigenvalue weighted by molar-refractivity contribution is 7.92. The first-order valence-electron chi connectivity index (χ1n) is 13.3. The maximum absolute atomic E-state index is 14.1. The van der Waals surface area contributed by atoms with Gasteiger partial charge in [0, 0.05) is 25.6 Å². The summed E-state index contributed by atoms with van der Waals surface area (Å²) in [7, 11) is -2.35. The number of fused-ring (bicyclic) bond motifs is 1. The zero-order chi connectivity index (χ0) is 29.4. The minimum atomic E-state index is -3.90. The number of rotatable bonds is 12. The van der Waals surface area contributed by atoms with Crippen LogP contribution in [0, 0.1) is 0 Å². The topological polar surface area (TPSA) is 114 Å². The Kier molecular flexibility index (Phi) is 9.72. The fraction of sp³-hybridized carbons (Fsp3) is 0.333. The van der Waals surface area contributed by atoms with Crippen LogP contribution in [0.4, 0.5) is 5.69 Å². The molecule has 1 aliphatic heterocycles. The Morgan fingerprint density at radius 3 is 2.34 bits per heavy atom. The van der Waals surface area contributed by atoms with Crippen molar-refractivity contribution in [3.05, 3.63) is 83.9 Å². The largest absolute Gasteiger partial charge is 0.497 e. The smallest absolute Gasteiger partial charge is 0.244 e. The summed E-state index contributed by atoms with van der Waals surface area (Å²) >= 11 is 0. The molecular formula is C30H35N3O7S. The van der Waals surface area contributed by atoms with Crippen LogP contribution in [0.2, 0.25) is 0 Å². The van der Waals surface area contributed by atoms with Crippen molar-refractivity contribution in [2.45, 2.75) is 25.9 Å². The molecular weight excluding hydrogens is 546 g/mol. The molecule has 0 unspecified atom stereocenters. The van der Waals surface area contributed by atoms with E-state index in [2.05, 4.69) is 5.32 Å². The van der Waals surface area contributed by atoms with Crippen molar-refractivity contribution in [1.82, 2.24) is 10.2 Å². The van der Waals surface area contributed by atoms with Crippen LogP contribution in [0.3, 0.4) is 0 Å². The maximum Gasteiger partial charge on any atom is 0.244 e. The number of amides is 2. The van der Waals surface area contributed by atoms with Gasteiger partial charge >= 0.3 is 0 Å². The lowest BCUT2D eigenvalue weighted by atomic mass is 10.0. The monoisotopic (exact) mass is 581 g/mol. The van der Waals surface area contributed by atoms with E-state index in [-0.39, 0.29) is 24.6 Å². The molecule has 11 heteroatoms. The molecule has 0 aromatic heterocycles. The van der Waals surface area contributed by atoms with Gasteiger partial charge in [-0.3, -0.25) is 13.9 Å². The Hall–Kier alpha value is -4.25. The van der Waals surface area contributed by atoms with Gasteiger partial charge in [0.25, 0.3) is 0 Å². The Morgan fingerprint density at radius 1 is 0.951 bits per heavy atom. The van der Waals surface area contributed by atoms with Crippen LogP contribution in [0.15, 0.2) is 72.8 Å². The summed E-state index contributed by atoms with van der Waals surface area (Å²) in [6.07, 6.45) is 1.28. The molecule has 0 bridgehead atoms. The van der Waals surface area contributed by atoms with Crippen molar-refractivity contribution in [3.63, 3.8) is 0 Å². The van der Waals surface area contributed by atoms with E-state index in [4.69, 9.17) is 14.2 Å². The molecule has 0 fully saturated rings. The van der Waals surface area contributed by atoms with Gasteiger partial charge in [0.05, 0.1) is 19.1 Å². The highest BCUT2D eigenvalue weighted by Crippen LogP contribution is 2.35. The summed E-state index contributed by atoms with van der Waals surface area (Å²) in [5.74, 6) is 0.616. The predicted molar refractivity (Wildman–Crippen MR) is 156 cm³/mol. The first-order valence-corrected chi connectivity index (χ1v) is 15.2. The van der Waals surface area contributed by atoms with E-state index < -0.39 is 28.5 Å². The molecule has 1 N–H and O–H groups in total. The van der Waals surface area contributed by atoms with Crippen LogP contribution in [0.25, 0.3) is 0 Å². The minimum Gasteiger partial charge on any atom is -0.497 e. The van der Waals surface area contributed by atoms with E-state index in [1.165, 1.54) is 4.90 Å². The van der Waals surface area contributed by atoms with Gasteiger partial charge in [0.15, 0.2) is 11.5 Å². The van der Waals surface area contributed by atoms with E-state index in [1.54, 1.807) is 50.4 Å². The fourth-order valence-electron chi connectivity index (χ4n) is 4.61. The van der Waals surface area contributed by atoms with Crippen molar-refractivity contribution in [2.24, 2.45) is 0 Å². The van der Waals surface area contributed by atoms with Gasteiger partial charge in [-0.1, -0.05) is 42.5 Å². The van der Waals surface area contributed by atoms with Crippen molar-refractivity contribution in [2.75, 3.05) is 44.0 Å². The second kappa shape index (κ2) is 13.4. The van der Waals surface area contributed by atoms with E-state index in [1.807, 2.05) is 36.4 Å². The first-order chi connectivity index (χ1) is 19.7. The van der Waals surface area contributed by atoms with Crippen molar-refractivity contribution in [3.8, 4) is 17.2 Å². The summed E-state index contributed by atoms with van der Waals surface area (Å²) in [4.78, 5) is 29.0. The number of methoxy groups -OCH3 is 1. The Bertz CT molecular complexity index is 1460. The van der Waals surface area contributed by atoms with Crippen LogP contribution in [-0.4, -0.2) is 70.8 Å². The summed E-state index contributed by atoms with van der Waals surface area (Å²) in [6.45, 7) is 2.44. The van der Waals surface area contributed by atoms with Gasteiger partial charge in [-0.2, -0.15) is 0 Å². The van der Waals surface area contributed by atoms with Crippen LogP contribution in [0.5, 0.6) is 17.2 Å². The summed E-state index contributed by atoms with van der Waals surface area (Å²) in [5, 5.41) is 2.84.